The Kier molecular flexibility index (Phi) is 1.88. The number of rotatable bonds is 2. The molecule has 1 saturated carbocycles. The molecule has 0 aromatic heterocycles. The van der Waals surface area contributed by atoms with E-state index in [0.717, 1.165) is 6.54 Å². The lowest BCUT2D eigenvalue weighted by atomic mass is 10.0. The van der Waals surface area contributed by atoms with Crippen molar-refractivity contribution in [2.45, 2.75) is 37.6 Å². The van der Waals surface area contributed by atoms with Crippen molar-refractivity contribution in [1.82, 2.24) is 4.90 Å². The maximum atomic E-state index is 12.1. The molecule has 0 N–H and O–H groups in total. The van der Waals surface area contributed by atoms with Crippen LogP contribution in [0.25, 0.3) is 0 Å². The highest BCUT2D eigenvalue weighted by Crippen LogP contribution is 2.47. The summed E-state index contributed by atoms with van der Waals surface area (Å²) in [6, 6.07) is 0. The molecule has 2 aliphatic rings. The van der Waals surface area contributed by atoms with Crippen molar-refractivity contribution in [1.29, 1.82) is 0 Å². The standard InChI is InChI=1S/C9H16FN/c10-6-8-11-7-2-1-3-9(11)4-5-9/h1-8H2. The van der Waals surface area contributed by atoms with Gasteiger partial charge in [0.15, 0.2) is 0 Å². The van der Waals surface area contributed by atoms with Gasteiger partial charge >= 0.3 is 0 Å². The van der Waals surface area contributed by atoms with Crippen LogP contribution in [-0.4, -0.2) is 30.2 Å². The summed E-state index contributed by atoms with van der Waals surface area (Å²) in [6.07, 6.45) is 6.62. The van der Waals surface area contributed by atoms with Crippen molar-refractivity contribution in [3.8, 4) is 0 Å². The lowest BCUT2D eigenvalue weighted by Crippen LogP contribution is -2.42. The second-order valence-electron chi connectivity index (χ2n) is 3.86. The van der Waals surface area contributed by atoms with Crippen molar-refractivity contribution in [3.05, 3.63) is 0 Å². The number of alkyl halides is 1. The van der Waals surface area contributed by atoms with Crippen LogP contribution in [-0.2, 0) is 0 Å². The zero-order chi connectivity index (χ0) is 7.73. The molecule has 1 saturated heterocycles. The Balaban J connectivity index is 1.93. The highest BCUT2D eigenvalue weighted by Gasteiger charge is 2.48. The van der Waals surface area contributed by atoms with Crippen molar-refractivity contribution in [3.63, 3.8) is 0 Å². The number of piperidine rings is 1. The Morgan fingerprint density at radius 2 is 2.00 bits per heavy atom. The van der Waals surface area contributed by atoms with E-state index in [9.17, 15) is 4.39 Å². The average molecular weight is 157 g/mol. The van der Waals surface area contributed by atoms with Gasteiger partial charge in [-0.3, -0.25) is 4.90 Å². The van der Waals surface area contributed by atoms with E-state index < -0.39 is 0 Å². The van der Waals surface area contributed by atoms with E-state index in [-0.39, 0.29) is 6.67 Å². The van der Waals surface area contributed by atoms with E-state index in [1.54, 1.807) is 0 Å². The molecule has 0 bridgehead atoms. The predicted octanol–water partition coefficient (Wildman–Crippen LogP) is 1.97. The van der Waals surface area contributed by atoms with Crippen LogP contribution in [0.2, 0.25) is 0 Å². The molecule has 0 aromatic rings. The molecule has 64 valence electrons. The Labute approximate surface area is 67.6 Å². The summed E-state index contributed by atoms with van der Waals surface area (Å²) in [6.45, 7) is 1.66. The molecule has 0 unspecified atom stereocenters. The van der Waals surface area contributed by atoms with E-state index in [0.29, 0.717) is 12.1 Å². The molecule has 1 nitrogen and oxygen atoms in total. The summed E-state index contributed by atoms with van der Waals surface area (Å²) in [5.41, 5.74) is 0.490. The first kappa shape index (κ1) is 7.53. The lowest BCUT2D eigenvalue weighted by Gasteiger charge is -2.35. The molecule has 1 aliphatic heterocycles. The molecular weight excluding hydrogens is 141 g/mol. The maximum Gasteiger partial charge on any atom is 0.102 e. The molecule has 11 heavy (non-hydrogen) atoms. The first-order valence-electron chi connectivity index (χ1n) is 4.68. The van der Waals surface area contributed by atoms with Gasteiger partial charge in [-0.05, 0) is 32.2 Å². The molecule has 2 rings (SSSR count). The molecule has 2 fully saturated rings. The number of hydrogen-bond donors (Lipinski definition) is 0. The predicted molar refractivity (Wildman–Crippen MR) is 43.4 cm³/mol. The Morgan fingerprint density at radius 3 is 2.64 bits per heavy atom. The third-order valence-corrected chi connectivity index (χ3v) is 3.17. The number of halogens is 1. The van der Waals surface area contributed by atoms with Gasteiger partial charge in [0.05, 0.1) is 0 Å². The fourth-order valence-electron chi connectivity index (χ4n) is 2.31. The third-order valence-electron chi connectivity index (χ3n) is 3.17. The van der Waals surface area contributed by atoms with Crippen molar-refractivity contribution >= 4 is 0 Å². The number of nitrogens with zero attached hydrogens (tertiary/aromatic N) is 1. The van der Waals surface area contributed by atoms with E-state index in [1.165, 1.54) is 32.1 Å². The van der Waals surface area contributed by atoms with Crippen LogP contribution < -0.4 is 0 Å². The van der Waals surface area contributed by atoms with Gasteiger partial charge in [0.1, 0.15) is 6.67 Å². The molecule has 0 radical (unpaired) electrons. The van der Waals surface area contributed by atoms with Crippen molar-refractivity contribution in [2.24, 2.45) is 0 Å². The Bertz CT molecular complexity index is 140. The van der Waals surface area contributed by atoms with Crippen molar-refractivity contribution < 1.29 is 4.39 Å². The van der Waals surface area contributed by atoms with Gasteiger partial charge in [0, 0.05) is 12.1 Å². The van der Waals surface area contributed by atoms with Gasteiger partial charge in [0.2, 0.25) is 0 Å². The first-order valence-corrected chi connectivity index (χ1v) is 4.68. The molecule has 1 spiro atoms. The van der Waals surface area contributed by atoms with E-state index in [2.05, 4.69) is 4.90 Å². The molecule has 0 atom stereocenters. The molecular formula is C9H16FN. The topological polar surface area (TPSA) is 3.24 Å². The SMILES string of the molecule is FCCN1CCCCC12CC2. The van der Waals surface area contributed by atoms with E-state index >= 15 is 0 Å². The van der Waals surface area contributed by atoms with Crippen LogP contribution in [0.15, 0.2) is 0 Å². The fourth-order valence-corrected chi connectivity index (χ4v) is 2.31. The minimum Gasteiger partial charge on any atom is -0.295 e. The fraction of sp³-hybridized carbons (Fsp3) is 1.00. The Morgan fingerprint density at radius 1 is 1.18 bits per heavy atom. The largest absolute Gasteiger partial charge is 0.295 e. The minimum absolute atomic E-state index is 0.165. The number of hydrogen-bond acceptors (Lipinski definition) is 1. The normalized spacial score (nSPS) is 29.2. The smallest absolute Gasteiger partial charge is 0.102 e. The monoisotopic (exact) mass is 157 g/mol. The van der Waals surface area contributed by atoms with Crippen LogP contribution in [0.5, 0.6) is 0 Å². The van der Waals surface area contributed by atoms with Gasteiger partial charge in [-0.1, -0.05) is 6.42 Å². The number of likely N-dealkylation sites (tertiary alicyclic amines) is 1. The highest BCUT2D eigenvalue weighted by atomic mass is 19.1. The second kappa shape index (κ2) is 2.74. The second-order valence-corrected chi connectivity index (χ2v) is 3.86. The van der Waals surface area contributed by atoms with Gasteiger partial charge in [-0.15, -0.1) is 0 Å². The van der Waals surface area contributed by atoms with Gasteiger partial charge in [0.25, 0.3) is 0 Å². The van der Waals surface area contributed by atoms with Crippen LogP contribution in [0, 0.1) is 0 Å². The van der Waals surface area contributed by atoms with E-state index in [1.807, 2.05) is 0 Å². The van der Waals surface area contributed by atoms with Gasteiger partial charge in [-0.25, -0.2) is 4.39 Å². The molecule has 1 aliphatic carbocycles. The van der Waals surface area contributed by atoms with Gasteiger partial charge < -0.3 is 0 Å². The summed E-state index contributed by atoms with van der Waals surface area (Å²) in [5, 5.41) is 0. The quantitative estimate of drug-likeness (QED) is 0.592. The zero-order valence-electron chi connectivity index (χ0n) is 6.98. The van der Waals surface area contributed by atoms with Crippen LogP contribution >= 0.6 is 0 Å². The summed E-state index contributed by atoms with van der Waals surface area (Å²) < 4.78 is 12.1. The first-order chi connectivity index (χ1) is 5.37. The van der Waals surface area contributed by atoms with Crippen LogP contribution in [0.1, 0.15) is 32.1 Å². The van der Waals surface area contributed by atoms with Gasteiger partial charge in [-0.2, -0.15) is 0 Å². The lowest BCUT2D eigenvalue weighted by molar-refractivity contribution is 0.120. The molecule has 1 heterocycles. The molecule has 0 aromatic carbocycles. The van der Waals surface area contributed by atoms with E-state index in [4.69, 9.17) is 0 Å². The maximum absolute atomic E-state index is 12.1. The zero-order valence-corrected chi connectivity index (χ0v) is 6.98. The van der Waals surface area contributed by atoms with Crippen molar-refractivity contribution in [2.75, 3.05) is 19.8 Å². The summed E-state index contributed by atoms with van der Waals surface area (Å²) >= 11 is 0. The summed E-state index contributed by atoms with van der Waals surface area (Å²) in [5.74, 6) is 0. The molecule has 2 heteroatoms. The molecule has 0 amide bonds. The minimum atomic E-state index is -0.165. The average Bonchev–Trinajstić information content (AvgIpc) is 2.77. The summed E-state index contributed by atoms with van der Waals surface area (Å²) in [4.78, 5) is 2.37. The van der Waals surface area contributed by atoms with Crippen LogP contribution in [0.3, 0.4) is 0 Å². The Hall–Kier alpha value is -0.110. The highest BCUT2D eigenvalue weighted by molar-refractivity contribution is 5.05. The van der Waals surface area contributed by atoms with Crippen LogP contribution in [0.4, 0.5) is 4.39 Å². The third kappa shape index (κ3) is 1.28. The summed E-state index contributed by atoms with van der Waals surface area (Å²) in [7, 11) is 0.